The SMILES string of the molecule is CC#CC(C)=CC=C(C)C. The fraction of sp³-hybridized carbons (Fsp3) is 0.400. The van der Waals surface area contributed by atoms with Crippen LogP contribution in [0.4, 0.5) is 0 Å². The van der Waals surface area contributed by atoms with Crippen LogP contribution in [-0.4, -0.2) is 0 Å². The third-order valence-electron chi connectivity index (χ3n) is 0.989. The van der Waals surface area contributed by atoms with Gasteiger partial charge in [-0.2, -0.15) is 0 Å². The van der Waals surface area contributed by atoms with Gasteiger partial charge in [-0.25, -0.2) is 0 Å². The molecule has 0 aliphatic rings. The van der Waals surface area contributed by atoms with Gasteiger partial charge >= 0.3 is 0 Å². The van der Waals surface area contributed by atoms with Crippen molar-refractivity contribution in [2.24, 2.45) is 0 Å². The van der Waals surface area contributed by atoms with E-state index in [-0.39, 0.29) is 0 Å². The molecule has 0 bridgehead atoms. The van der Waals surface area contributed by atoms with E-state index in [1.807, 2.05) is 19.9 Å². The standard InChI is InChI=1S/C10H14/c1-5-6-10(4)8-7-9(2)3/h7-8H,1-4H3. The Balaban J connectivity index is 4.14. The van der Waals surface area contributed by atoms with E-state index >= 15 is 0 Å². The molecule has 0 heteroatoms. The lowest BCUT2D eigenvalue weighted by atomic mass is 10.2. The maximum absolute atomic E-state index is 2.97. The second kappa shape index (κ2) is 4.88. The van der Waals surface area contributed by atoms with Gasteiger partial charge in [0.25, 0.3) is 0 Å². The van der Waals surface area contributed by atoms with Crippen molar-refractivity contribution in [1.82, 2.24) is 0 Å². The van der Waals surface area contributed by atoms with E-state index in [0.29, 0.717) is 0 Å². The molecular weight excluding hydrogens is 120 g/mol. The molecule has 0 aliphatic carbocycles. The van der Waals surface area contributed by atoms with Crippen LogP contribution in [0.15, 0.2) is 23.3 Å². The first-order valence-corrected chi connectivity index (χ1v) is 3.41. The molecule has 0 spiro atoms. The zero-order chi connectivity index (χ0) is 7.98. The van der Waals surface area contributed by atoms with E-state index in [1.54, 1.807) is 0 Å². The van der Waals surface area contributed by atoms with Crippen LogP contribution in [0.5, 0.6) is 0 Å². The zero-order valence-corrected chi connectivity index (χ0v) is 7.15. The van der Waals surface area contributed by atoms with Crippen LogP contribution in [0, 0.1) is 11.8 Å². The molecule has 0 aromatic rings. The Bertz CT molecular complexity index is 202. The molecule has 0 atom stereocenters. The molecule has 0 fully saturated rings. The molecule has 0 heterocycles. The molecule has 0 saturated heterocycles. The minimum Gasteiger partial charge on any atom is -0.102 e. The molecule has 0 aliphatic heterocycles. The van der Waals surface area contributed by atoms with Crippen molar-refractivity contribution in [2.45, 2.75) is 27.7 Å². The summed E-state index contributed by atoms with van der Waals surface area (Å²) in [7, 11) is 0. The minimum atomic E-state index is 1.11. The van der Waals surface area contributed by atoms with Gasteiger partial charge in [0.05, 0.1) is 0 Å². The fourth-order valence-electron chi connectivity index (χ4n) is 0.531. The summed E-state index contributed by atoms with van der Waals surface area (Å²) in [6.45, 7) is 8.00. The van der Waals surface area contributed by atoms with Gasteiger partial charge in [0, 0.05) is 0 Å². The maximum Gasteiger partial charge on any atom is -0.00109 e. The Morgan fingerprint density at radius 2 is 1.70 bits per heavy atom. The number of allylic oxidation sites excluding steroid dienone is 4. The number of hydrogen-bond donors (Lipinski definition) is 0. The second-order valence-electron chi connectivity index (χ2n) is 2.47. The molecule has 0 radical (unpaired) electrons. The van der Waals surface area contributed by atoms with Gasteiger partial charge in [0.15, 0.2) is 0 Å². The maximum atomic E-state index is 2.97. The van der Waals surface area contributed by atoms with Gasteiger partial charge in [0.1, 0.15) is 0 Å². The van der Waals surface area contributed by atoms with Crippen LogP contribution in [0.3, 0.4) is 0 Å². The highest BCUT2D eigenvalue weighted by molar-refractivity contribution is 5.29. The van der Waals surface area contributed by atoms with Gasteiger partial charge in [-0.3, -0.25) is 0 Å². The van der Waals surface area contributed by atoms with Crippen molar-refractivity contribution >= 4 is 0 Å². The summed E-state index contributed by atoms with van der Waals surface area (Å²) in [5, 5.41) is 0. The van der Waals surface area contributed by atoms with Crippen molar-refractivity contribution < 1.29 is 0 Å². The summed E-state index contributed by atoms with van der Waals surface area (Å²) < 4.78 is 0. The predicted molar refractivity (Wildman–Crippen MR) is 46.6 cm³/mol. The predicted octanol–water partition coefficient (Wildman–Crippen LogP) is 2.92. The fourth-order valence-corrected chi connectivity index (χ4v) is 0.531. The van der Waals surface area contributed by atoms with Crippen molar-refractivity contribution in [3.05, 3.63) is 23.3 Å². The Hall–Kier alpha value is -0.960. The van der Waals surface area contributed by atoms with Gasteiger partial charge in [-0.1, -0.05) is 23.6 Å². The van der Waals surface area contributed by atoms with Crippen LogP contribution in [0.1, 0.15) is 27.7 Å². The van der Waals surface area contributed by atoms with E-state index in [4.69, 9.17) is 0 Å². The van der Waals surface area contributed by atoms with Crippen LogP contribution in [-0.2, 0) is 0 Å². The molecule has 0 unspecified atom stereocenters. The van der Waals surface area contributed by atoms with Gasteiger partial charge in [-0.15, -0.1) is 5.92 Å². The van der Waals surface area contributed by atoms with Crippen molar-refractivity contribution in [3.8, 4) is 11.8 Å². The number of rotatable bonds is 1. The van der Waals surface area contributed by atoms with E-state index in [2.05, 4.69) is 31.8 Å². The first-order chi connectivity index (χ1) is 4.66. The first-order valence-electron chi connectivity index (χ1n) is 3.41. The summed E-state index contributed by atoms with van der Waals surface area (Å²) >= 11 is 0. The monoisotopic (exact) mass is 134 g/mol. The largest absolute Gasteiger partial charge is 0.102 e. The Kier molecular flexibility index (Phi) is 4.41. The smallest absolute Gasteiger partial charge is 0.00109 e. The third kappa shape index (κ3) is 5.18. The molecule has 0 nitrogen and oxygen atoms in total. The zero-order valence-electron chi connectivity index (χ0n) is 7.15. The lowest BCUT2D eigenvalue weighted by Gasteiger charge is -1.84. The highest BCUT2D eigenvalue weighted by Crippen LogP contribution is 1.94. The molecule has 0 amide bonds. The second-order valence-corrected chi connectivity index (χ2v) is 2.47. The lowest BCUT2D eigenvalue weighted by Crippen LogP contribution is -1.66. The molecule has 0 aromatic carbocycles. The molecular formula is C10H14. The highest BCUT2D eigenvalue weighted by atomic mass is 13.8. The first kappa shape index (κ1) is 9.04. The van der Waals surface area contributed by atoms with Crippen molar-refractivity contribution in [1.29, 1.82) is 0 Å². The van der Waals surface area contributed by atoms with Crippen LogP contribution < -0.4 is 0 Å². The Morgan fingerprint density at radius 1 is 1.10 bits per heavy atom. The van der Waals surface area contributed by atoms with E-state index in [0.717, 1.165) is 5.57 Å². The molecule has 0 N–H and O–H groups in total. The van der Waals surface area contributed by atoms with Gasteiger partial charge in [-0.05, 0) is 33.3 Å². The average molecular weight is 134 g/mol. The topological polar surface area (TPSA) is 0 Å². The van der Waals surface area contributed by atoms with Crippen molar-refractivity contribution in [3.63, 3.8) is 0 Å². The summed E-state index contributed by atoms with van der Waals surface area (Å²) in [5.74, 6) is 5.81. The van der Waals surface area contributed by atoms with E-state index in [1.165, 1.54) is 5.57 Å². The lowest BCUT2D eigenvalue weighted by molar-refractivity contribution is 1.38. The average Bonchev–Trinajstić information content (AvgIpc) is 1.85. The highest BCUT2D eigenvalue weighted by Gasteiger charge is 1.76. The Morgan fingerprint density at radius 3 is 2.10 bits per heavy atom. The summed E-state index contributed by atoms with van der Waals surface area (Å²) in [5.41, 5.74) is 2.42. The summed E-state index contributed by atoms with van der Waals surface area (Å²) in [6, 6.07) is 0. The Labute approximate surface area is 63.6 Å². The number of hydrogen-bond acceptors (Lipinski definition) is 0. The molecule has 0 saturated carbocycles. The molecule has 10 heavy (non-hydrogen) atoms. The van der Waals surface area contributed by atoms with Crippen LogP contribution in [0.2, 0.25) is 0 Å². The van der Waals surface area contributed by atoms with E-state index in [9.17, 15) is 0 Å². The summed E-state index contributed by atoms with van der Waals surface area (Å²) in [4.78, 5) is 0. The third-order valence-corrected chi connectivity index (χ3v) is 0.989. The molecule has 0 rings (SSSR count). The quantitative estimate of drug-likeness (QED) is 0.382. The molecule has 54 valence electrons. The van der Waals surface area contributed by atoms with Crippen LogP contribution >= 0.6 is 0 Å². The van der Waals surface area contributed by atoms with Crippen molar-refractivity contribution in [2.75, 3.05) is 0 Å². The van der Waals surface area contributed by atoms with Crippen LogP contribution in [0.25, 0.3) is 0 Å². The molecule has 0 aromatic heterocycles. The van der Waals surface area contributed by atoms with Gasteiger partial charge in [0.2, 0.25) is 0 Å². The van der Waals surface area contributed by atoms with E-state index < -0.39 is 0 Å². The minimum absolute atomic E-state index is 1.11. The van der Waals surface area contributed by atoms with Gasteiger partial charge < -0.3 is 0 Å². The normalized spacial score (nSPS) is 9.80. The summed E-state index contributed by atoms with van der Waals surface area (Å²) in [6.07, 6.45) is 4.10.